The number of sulfonamides is 1. The maximum absolute atomic E-state index is 11.8. The van der Waals surface area contributed by atoms with Gasteiger partial charge in [0.2, 0.25) is 10.0 Å². The van der Waals surface area contributed by atoms with Crippen molar-refractivity contribution in [2.24, 2.45) is 5.73 Å². The average Bonchev–Trinajstić information content (AvgIpc) is 2.28. The van der Waals surface area contributed by atoms with Gasteiger partial charge in [0.1, 0.15) is 0 Å². The van der Waals surface area contributed by atoms with Gasteiger partial charge in [-0.05, 0) is 12.1 Å². The van der Waals surface area contributed by atoms with E-state index in [1.807, 2.05) is 0 Å². The highest BCUT2D eigenvalue weighted by Crippen LogP contribution is 2.11. The first-order valence-corrected chi connectivity index (χ1v) is 6.69. The molecule has 0 aromatic carbocycles. The predicted octanol–water partition coefficient (Wildman–Crippen LogP) is 0.363. The van der Waals surface area contributed by atoms with Gasteiger partial charge in [-0.3, -0.25) is 4.98 Å². The Morgan fingerprint density at radius 3 is 2.69 bits per heavy atom. The Morgan fingerprint density at radius 2 is 2.19 bits per heavy atom. The smallest absolute Gasteiger partial charge is 0.215 e. The summed E-state index contributed by atoms with van der Waals surface area (Å²) in [5.74, 6) is -0.117. The second-order valence-corrected chi connectivity index (χ2v) is 5.67. The van der Waals surface area contributed by atoms with Gasteiger partial charge in [0.15, 0.2) is 0 Å². The van der Waals surface area contributed by atoms with Gasteiger partial charge in [-0.2, -0.15) is 0 Å². The van der Waals surface area contributed by atoms with Crippen molar-refractivity contribution in [3.05, 3.63) is 30.1 Å². The largest absolute Gasteiger partial charge is 0.322 e. The predicted molar refractivity (Wildman–Crippen MR) is 63.3 cm³/mol. The zero-order valence-corrected chi connectivity index (χ0v) is 10.3. The molecular formula is C10H17N3O2S. The molecule has 1 rings (SSSR count). The SMILES string of the molecule is CCN(C)S(=O)(=O)CC(N)c1ccccn1. The molecule has 0 aliphatic heterocycles. The summed E-state index contributed by atoms with van der Waals surface area (Å²) in [5.41, 5.74) is 6.40. The molecule has 0 amide bonds. The standard InChI is InChI=1S/C10H17N3O2S/c1-3-13(2)16(14,15)8-9(11)10-6-4-5-7-12-10/h4-7,9H,3,8,11H2,1-2H3. The lowest BCUT2D eigenvalue weighted by Gasteiger charge is -2.17. The zero-order valence-electron chi connectivity index (χ0n) is 9.50. The van der Waals surface area contributed by atoms with E-state index in [9.17, 15) is 8.42 Å². The van der Waals surface area contributed by atoms with Gasteiger partial charge in [0, 0.05) is 19.8 Å². The number of nitrogens with zero attached hydrogens (tertiary/aromatic N) is 2. The molecule has 0 aliphatic carbocycles. The molecule has 1 atom stereocenters. The van der Waals surface area contributed by atoms with E-state index >= 15 is 0 Å². The van der Waals surface area contributed by atoms with Crippen LogP contribution in [0.2, 0.25) is 0 Å². The number of nitrogens with two attached hydrogens (primary N) is 1. The van der Waals surface area contributed by atoms with E-state index in [0.717, 1.165) is 0 Å². The molecule has 0 saturated carbocycles. The van der Waals surface area contributed by atoms with Crippen LogP contribution in [0.5, 0.6) is 0 Å². The van der Waals surface area contributed by atoms with Crippen LogP contribution >= 0.6 is 0 Å². The minimum Gasteiger partial charge on any atom is -0.322 e. The molecule has 16 heavy (non-hydrogen) atoms. The maximum Gasteiger partial charge on any atom is 0.215 e. The molecule has 0 radical (unpaired) electrons. The van der Waals surface area contributed by atoms with Gasteiger partial charge in [-0.1, -0.05) is 13.0 Å². The average molecular weight is 243 g/mol. The second-order valence-electron chi connectivity index (χ2n) is 3.55. The Kier molecular flexibility index (Phi) is 4.40. The summed E-state index contributed by atoms with van der Waals surface area (Å²) in [7, 11) is -1.75. The fourth-order valence-corrected chi connectivity index (χ4v) is 2.50. The first-order chi connectivity index (χ1) is 7.47. The van der Waals surface area contributed by atoms with E-state index in [-0.39, 0.29) is 5.75 Å². The Morgan fingerprint density at radius 1 is 1.50 bits per heavy atom. The Balaban J connectivity index is 2.76. The quantitative estimate of drug-likeness (QED) is 0.810. The molecular weight excluding hydrogens is 226 g/mol. The normalized spacial score (nSPS) is 14.0. The van der Waals surface area contributed by atoms with Crippen LogP contribution < -0.4 is 5.73 Å². The molecule has 90 valence electrons. The van der Waals surface area contributed by atoms with Gasteiger partial charge in [0.05, 0.1) is 17.5 Å². The van der Waals surface area contributed by atoms with Crippen LogP contribution in [0.4, 0.5) is 0 Å². The van der Waals surface area contributed by atoms with Crippen molar-refractivity contribution in [3.8, 4) is 0 Å². The van der Waals surface area contributed by atoms with Gasteiger partial charge < -0.3 is 5.73 Å². The summed E-state index contributed by atoms with van der Waals surface area (Å²) >= 11 is 0. The Labute approximate surface area is 96.3 Å². The Bertz CT molecular complexity index is 419. The van der Waals surface area contributed by atoms with Crippen LogP contribution in [-0.4, -0.2) is 37.1 Å². The molecule has 0 fully saturated rings. The zero-order chi connectivity index (χ0) is 12.2. The van der Waals surface area contributed by atoms with Crippen LogP contribution in [0.3, 0.4) is 0 Å². The minimum absolute atomic E-state index is 0.117. The summed E-state index contributed by atoms with van der Waals surface area (Å²) in [4.78, 5) is 4.04. The first-order valence-electron chi connectivity index (χ1n) is 5.08. The lowest BCUT2D eigenvalue weighted by Crippen LogP contribution is -2.33. The number of hydrogen-bond acceptors (Lipinski definition) is 4. The molecule has 0 bridgehead atoms. The van der Waals surface area contributed by atoms with Crippen LogP contribution in [0.1, 0.15) is 18.7 Å². The van der Waals surface area contributed by atoms with Gasteiger partial charge in [-0.25, -0.2) is 12.7 Å². The number of pyridine rings is 1. The highest BCUT2D eigenvalue weighted by atomic mass is 32.2. The van der Waals surface area contributed by atoms with Crippen molar-refractivity contribution in [2.45, 2.75) is 13.0 Å². The van der Waals surface area contributed by atoms with E-state index in [1.165, 1.54) is 4.31 Å². The maximum atomic E-state index is 11.8. The van der Waals surface area contributed by atoms with Gasteiger partial charge >= 0.3 is 0 Å². The molecule has 1 heterocycles. The van der Waals surface area contributed by atoms with Crippen molar-refractivity contribution in [3.63, 3.8) is 0 Å². The summed E-state index contributed by atoms with van der Waals surface area (Å²) in [5, 5.41) is 0. The second kappa shape index (κ2) is 5.38. The molecule has 0 spiro atoms. The number of aromatic nitrogens is 1. The topological polar surface area (TPSA) is 76.3 Å². The van der Waals surface area contributed by atoms with Crippen molar-refractivity contribution < 1.29 is 8.42 Å². The van der Waals surface area contributed by atoms with Crippen molar-refractivity contribution in [1.29, 1.82) is 0 Å². The van der Waals surface area contributed by atoms with Crippen LogP contribution in [0.15, 0.2) is 24.4 Å². The molecule has 5 nitrogen and oxygen atoms in total. The van der Waals surface area contributed by atoms with E-state index in [0.29, 0.717) is 12.2 Å². The van der Waals surface area contributed by atoms with E-state index in [2.05, 4.69) is 4.98 Å². The summed E-state index contributed by atoms with van der Waals surface area (Å²) in [6.07, 6.45) is 1.60. The minimum atomic E-state index is -3.29. The highest BCUT2D eigenvalue weighted by Gasteiger charge is 2.21. The molecule has 6 heteroatoms. The van der Waals surface area contributed by atoms with Crippen molar-refractivity contribution in [2.75, 3.05) is 19.3 Å². The van der Waals surface area contributed by atoms with Crippen molar-refractivity contribution >= 4 is 10.0 Å². The van der Waals surface area contributed by atoms with E-state index < -0.39 is 16.1 Å². The van der Waals surface area contributed by atoms with Crippen LogP contribution in [0.25, 0.3) is 0 Å². The third-order valence-electron chi connectivity index (χ3n) is 2.38. The first kappa shape index (κ1) is 13.1. The monoisotopic (exact) mass is 243 g/mol. The van der Waals surface area contributed by atoms with E-state index in [4.69, 9.17) is 5.73 Å². The van der Waals surface area contributed by atoms with Gasteiger partial charge in [-0.15, -0.1) is 0 Å². The molecule has 1 aromatic rings. The molecule has 1 aromatic heterocycles. The van der Waals surface area contributed by atoms with Crippen LogP contribution in [0, 0.1) is 0 Å². The lowest BCUT2D eigenvalue weighted by atomic mass is 10.2. The molecule has 2 N–H and O–H groups in total. The molecule has 0 saturated heterocycles. The fraction of sp³-hybridized carbons (Fsp3) is 0.500. The molecule has 0 aliphatic rings. The summed E-state index contributed by atoms with van der Waals surface area (Å²) < 4.78 is 24.8. The summed E-state index contributed by atoms with van der Waals surface area (Å²) in [6.45, 7) is 2.22. The van der Waals surface area contributed by atoms with Gasteiger partial charge in [0.25, 0.3) is 0 Å². The van der Waals surface area contributed by atoms with Crippen molar-refractivity contribution in [1.82, 2.24) is 9.29 Å². The van der Waals surface area contributed by atoms with E-state index in [1.54, 1.807) is 38.4 Å². The lowest BCUT2D eigenvalue weighted by molar-refractivity contribution is 0.481. The number of rotatable bonds is 5. The highest BCUT2D eigenvalue weighted by molar-refractivity contribution is 7.89. The molecule has 1 unspecified atom stereocenters. The fourth-order valence-electron chi connectivity index (χ4n) is 1.23. The van der Waals surface area contributed by atoms with Crippen LogP contribution in [-0.2, 0) is 10.0 Å². The third-order valence-corrected chi connectivity index (χ3v) is 4.37. The summed E-state index contributed by atoms with van der Waals surface area (Å²) in [6, 6.07) is 4.70. The number of hydrogen-bond donors (Lipinski definition) is 1. The Hall–Kier alpha value is -0.980. The third kappa shape index (κ3) is 3.26.